The van der Waals surface area contributed by atoms with Crippen LogP contribution < -0.4 is 14.8 Å². The van der Waals surface area contributed by atoms with Crippen molar-refractivity contribution in [2.24, 2.45) is 0 Å². The van der Waals surface area contributed by atoms with E-state index in [0.29, 0.717) is 36.8 Å². The van der Waals surface area contributed by atoms with Gasteiger partial charge in [0, 0.05) is 18.2 Å². The number of anilines is 1. The average Bonchev–Trinajstić information content (AvgIpc) is 2.65. The van der Waals surface area contributed by atoms with Crippen LogP contribution in [0.25, 0.3) is 0 Å². The summed E-state index contributed by atoms with van der Waals surface area (Å²) < 4.78 is 15.8. The molecule has 2 aromatic rings. The van der Waals surface area contributed by atoms with Crippen LogP contribution in [0.5, 0.6) is 11.5 Å². The second kappa shape index (κ2) is 9.38. The van der Waals surface area contributed by atoms with Crippen LogP contribution in [0, 0.1) is 10.1 Å². The summed E-state index contributed by atoms with van der Waals surface area (Å²) in [4.78, 5) is 22.6. The third-order valence-electron chi connectivity index (χ3n) is 3.46. The van der Waals surface area contributed by atoms with Gasteiger partial charge in [0.15, 0.2) is 0 Å². The van der Waals surface area contributed by atoms with Crippen molar-refractivity contribution in [2.75, 3.05) is 32.2 Å². The van der Waals surface area contributed by atoms with Crippen molar-refractivity contribution in [3.63, 3.8) is 0 Å². The average molecular weight is 360 g/mol. The largest absolute Gasteiger partial charge is 0.494 e. The molecular formula is C18H20N2O6. The molecule has 0 bridgehead atoms. The molecule has 0 fully saturated rings. The number of ether oxygens (including phenoxy) is 3. The van der Waals surface area contributed by atoms with Gasteiger partial charge < -0.3 is 19.5 Å². The lowest BCUT2D eigenvalue weighted by atomic mass is 10.2. The molecule has 8 heteroatoms. The number of hydrogen-bond donors (Lipinski definition) is 1. The first-order valence-corrected chi connectivity index (χ1v) is 7.99. The summed E-state index contributed by atoms with van der Waals surface area (Å²) in [5.74, 6) is 0.482. The van der Waals surface area contributed by atoms with Crippen molar-refractivity contribution in [3.8, 4) is 11.5 Å². The Kier molecular flexibility index (Phi) is 6.92. The molecule has 2 rings (SSSR count). The molecule has 0 aromatic heterocycles. The summed E-state index contributed by atoms with van der Waals surface area (Å²) in [6.45, 7) is 3.47. The van der Waals surface area contributed by atoms with Gasteiger partial charge in [-0.3, -0.25) is 14.9 Å². The number of carbonyl (C=O) groups excluding carboxylic acids is 1. The third kappa shape index (κ3) is 5.18. The van der Waals surface area contributed by atoms with Crippen molar-refractivity contribution >= 4 is 17.3 Å². The Labute approximate surface area is 150 Å². The van der Waals surface area contributed by atoms with Gasteiger partial charge in [-0.1, -0.05) is 0 Å². The maximum absolute atomic E-state index is 12.4. The van der Waals surface area contributed by atoms with E-state index in [9.17, 15) is 14.9 Å². The summed E-state index contributed by atoms with van der Waals surface area (Å²) in [5.41, 5.74) is 0.649. The minimum absolute atomic E-state index is 0.117. The summed E-state index contributed by atoms with van der Waals surface area (Å²) in [6.07, 6.45) is 0. The number of nitro benzene ring substituents is 1. The highest BCUT2D eigenvalue weighted by Crippen LogP contribution is 2.29. The Hall–Kier alpha value is -3.13. The lowest BCUT2D eigenvalue weighted by molar-refractivity contribution is -0.384. The van der Waals surface area contributed by atoms with Gasteiger partial charge in [-0.25, -0.2) is 0 Å². The van der Waals surface area contributed by atoms with Crippen LogP contribution in [0.4, 0.5) is 11.4 Å². The molecule has 2 aromatic carbocycles. The van der Waals surface area contributed by atoms with Gasteiger partial charge in [-0.15, -0.1) is 0 Å². The maximum atomic E-state index is 12.4. The molecule has 1 N–H and O–H groups in total. The van der Waals surface area contributed by atoms with E-state index >= 15 is 0 Å². The molecule has 0 aliphatic heterocycles. The molecule has 1 amide bonds. The van der Waals surface area contributed by atoms with E-state index in [0.717, 1.165) is 0 Å². The van der Waals surface area contributed by atoms with Gasteiger partial charge in [-0.05, 0) is 37.3 Å². The van der Waals surface area contributed by atoms with Crippen LogP contribution in [0.3, 0.4) is 0 Å². The number of hydrogen-bond acceptors (Lipinski definition) is 6. The highest BCUT2D eigenvalue weighted by Gasteiger charge is 2.14. The van der Waals surface area contributed by atoms with Crippen molar-refractivity contribution in [2.45, 2.75) is 6.92 Å². The second-order valence-corrected chi connectivity index (χ2v) is 5.17. The number of nitrogens with zero attached hydrogens (tertiary/aromatic N) is 1. The number of nitro groups is 1. The fraction of sp³-hybridized carbons (Fsp3) is 0.278. The molecule has 0 radical (unpaired) electrons. The highest BCUT2D eigenvalue weighted by molar-refractivity contribution is 6.05. The Balaban J connectivity index is 2.02. The first kappa shape index (κ1) is 19.2. The Morgan fingerprint density at radius 1 is 1.15 bits per heavy atom. The summed E-state index contributed by atoms with van der Waals surface area (Å²) in [6, 6.07) is 10.6. The van der Waals surface area contributed by atoms with Gasteiger partial charge >= 0.3 is 0 Å². The lowest BCUT2D eigenvalue weighted by Gasteiger charge is -2.11. The number of methoxy groups -OCH3 is 1. The van der Waals surface area contributed by atoms with Gasteiger partial charge in [0.25, 0.3) is 11.6 Å². The normalized spacial score (nSPS) is 10.2. The molecule has 0 heterocycles. The van der Waals surface area contributed by atoms with Crippen molar-refractivity contribution < 1.29 is 23.9 Å². The minimum atomic E-state index is -0.529. The predicted molar refractivity (Wildman–Crippen MR) is 96.0 cm³/mol. The highest BCUT2D eigenvalue weighted by atomic mass is 16.6. The molecule has 0 aliphatic carbocycles. The van der Waals surface area contributed by atoms with E-state index in [-0.39, 0.29) is 17.3 Å². The zero-order valence-corrected chi connectivity index (χ0v) is 14.6. The lowest BCUT2D eigenvalue weighted by Crippen LogP contribution is -2.13. The first-order valence-electron chi connectivity index (χ1n) is 7.99. The summed E-state index contributed by atoms with van der Waals surface area (Å²) in [7, 11) is 1.38. The number of carbonyl (C=O) groups is 1. The molecule has 0 aliphatic rings. The van der Waals surface area contributed by atoms with Crippen LogP contribution in [0.1, 0.15) is 17.3 Å². The second-order valence-electron chi connectivity index (χ2n) is 5.17. The number of rotatable bonds is 9. The maximum Gasteiger partial charge on any atom is 0.273 e. The molecule has 0 unspecified atom stereocenters. The number of amides is 1. The van der Waals surface area contributed by atoms with Crippen LogP contribution in [-0.4, -0.2) is 37.8 Å². The molecule has 138 valence electrons. The fourth-order valence-electron chi connectivity index (χ4n) is 2.16. The Morgan fingerprint density at radius 3 is 2.50 bits per heavy atom. The quantitative estimate of drug-likeness (QED) is 0.418. The van der Waals surface area contributed by atoms with E-state index in [1.165, 1.54) is 25.3 Å². The van der Waals surface area contributed by atoms with Crippen molar-refractivity contribution in [1.82, 2.24) is 0 Å². The minimum Gasteiger partial charge on any atom is -0.494 e. The molecular weight excluding hydrogens is 340 g/mol. The molecule has 0 saturated heterocycles. The standard InChI is InChI=1S/C18H20N2O6/c1-3-25-10-11-26-15-7-4-13(5-8-15)18(21)19-16-9-6-14(20(22)23)12-17(16)24-2/h4-9,12H,3,10-11H2,1-2H3,(H,19,21). The van der Waals surface area contributed by atoms with E-state index in [1.807, 2.05) is 6.92 Å². The zero-order chi connectivity index (χ0) is 18.9. The molecule has 8 nitrogen and oxygen atoms in total. The van der Waals surface area contributed by atoms with Crippen LogP contribution in [0.2, 0.25) is 0 Å². The summed E-state index contributed by atoms with van der Waals surface area (Å²) in [5, 5.41) is 13.5. The number of benzene rings is 2. The summed E-state index contributed by atoms with van der Waals surface area (Å²) >= 11 is 0. The van der Waals surface area contributed by atoms with E-state index in [4.69, 9.17) is 14.2 Å². The van der Waals surface area contributed by atoms with Crippen LogP contribution in [0.15, 0.2) is 42.5 Å². The smallest absolute Gasteiger partial charge is 0.273 e. The van der Waals surface area contributed by atoms with E-state index in [1.54, 1.807) is 24.3 Å². The van der Waals surface area contributed by atoms with Gasteiger partial charge in [0.2, 0.25) is 0 Å². The Morgan fingerprint density at radius 2 is 1.88 bits per heavy atom. The predicted octanol–water partition coefficient (Wildman–Crippen LogP) is 3.27. The fourth-order valence-corrected chi connectivity index (χ4v) is 2.16. The van der Waals surface area contributed by atoms with Crippen molar-refractivity contribution in [1.29, 1.82) is 0 Å². The molecule has 0 saturated carbocycles. The Bertz CT molecular complexity index is 761. The first-order chi connectivity index (χ1) is 12.5. The zero-order valence-electron chi connectivity index (χ0n) is 14.6. The number of nitrogens with one attached hydrogen (secondary N) is 1. The van der Waals surface area contributed by atoms with Gasteiger partial charge in [0.1, 0.15) is 18.1 Å². The molecule has 0 atom stereocenters. The SMILES string of the molecule is CCOCCOc1ccc(C(=O)Nc2ccc([N+](=O)[O-])cc2OC)cc1. The van der Waals surface area contributed by atoms with E-state index < -0.39 is 4.92 Å². The topological polar surface area (TPSA) is 99.9 Å². The monoisotopic (exact) mass is 360 g/mol. The third-order valence-corrected chi connectivity index (χ3v) is 3.46. The van der Waals surface area contributed by atoms with E-state index in [2.05, 4.69) is 5.32 Å². The number of non-ortho nitro benzene ring substituents is 1. The van der Waals surface area contributed by atoms with Crippen LogP contribution >= 0.6 is 0 Å². The van der Waals surface area contributed by atoms with Gasteiger partial charge in [0.05, 0.1) is 30.4 Å². The van der Waals surface area contributed by atoms with Crippen LogP contribution in [-0.2, 0) is 4.74 Å². The van der Waals surface area contributed by atoms with Gasteiger partial charge in [-0.2, -0.15) is 0 Å². The van der Waals surface area contributed by atoms with Crippen molar-refractivity contribution in [3.05, 3.63) is 58.1 Å². The molecule has 0 spiro atoms. The molecule has 26 heavy (non-hydrogen) atoms.